The summed E-state index contributed by atoms with van der Waals surface area (Å²) in [6.07, 6.45) is 3.85. The van der Waals surface area contributed by atoms with Crippen LogP contribution in [0.15, 0.2) is 41.5 Å². The van der Waals surface area contributed by atoms with Crippen molar-refractivity contribution in [1.82, 2.24) is 24.8 Å². The molecule has 1 fully saturated rings. The molecule has 1 aliphatic rings. The molecule has 0 amide bonds. The Kier molecular flexibility index (Phi) is 3.24. The summed E-state index contributed by atoms with van der Waals surface area (Å²) < 4.78 is 15.0. The van der Waals surface area contributed by atoms with E-state index in [2.05, 4.69) is 25.6 Å². The summed E-state index contributed by atoms with van der Waals surface area (Å²) in [5.41, 5.74) is 3.21. The smallest absolute Gasteiger partial charge is 0.253 e. The molecule has 130 valence electrons. The molecule has 4 aromatic rings. The average Bonchev–Trinajstić information content (AvgIpc) is 3.37. The van der Waals surface area contributed by atoms with Crippen LogP contribution in [0.1, 0.15) is 30.0 Å². The maximum absolute atomic E-state index is 13.3. The minimum atomic E-state index is -0.377. The predicted octanol–water partition coefficient (Wildman–Crippen LogP) is 2.59. The van der Waals surface area contributed by atoms with E-state index in [1.54, 1.807) is 23.0 Å². The number of hydrogen-bond acceptors (Lipinski definition) is 5. The highest BCUT2D eigenvalue weighted by atomic mass is 19.1. The normalized spacial score (nSPS) is 14.2. The van der Waals surface area contributed by atoms with Gasteiger partial charge in [0.2, 0.25) is 5.65 Å². The fourth-order valence-corrected chi connectivity index (χ4v) is 3.10. The van der Waals surface area contributed by atoms with E-state index >= 15 is 0 Å². The van der Waals surface area contributed by atoms with Gasteiger partial charge in [-0.05, 0) is 48.6 Å². The number of halogens is 1. The summed E-state index contributed by atoms with van der Waals surface area (Å²) >= 11 is 0. The standard InChI is InChI=1S/C18H15FN6O/c19-13-4-3-11-5-12(18(26)22-14(11)6-13)8-20-16-7-15(10-1-2-10)24-25-9-21-23-17(16)25/h3-7,9-10,20H,1-2,8H2,(H,22,26). The van der Waals surface area contributed by atoms with Crippen molar-refractivity contribution in [2.45, 2.75) is 25.3 Å². The molecule has 0 unspecified atom stereocenters. The van der Waals surface area contributed by atoms with Gasteiger partial charge in [-0.1, -0.05) is 0 Å². The molecule has 3 heterocycles. The molecule has 5 rings (SSSR count). The Morgan fingerprint density at radius 1 is 1.27 bits per heavy atom. The van der Waals surface area contributed by atoms with E-state index in [0.717, 1.165) is 29.6 Å². The summed E-state index contributed by atoms with van der Waals surface area (Å²) in [7, 11) is 0. The van der Waals surface area contributed by atoms with Crippen molar-refractivity contribution in [2.24, 2.45) is 0 Å². The molecule has 1 aliphatic carbocycles. The number of hydrogen-bond donors (Lipinski definition) is 2. The van der Waals surface area contributed by atoms with Gasteiger partial charge in [0.1, 0.15) is 12.1 Å². The van der Waals surface area contributed by atoms with Crippen molar-refractivity contribution < 1.29 is 4.39 Å². The average molecular weight is 350 g/mol. The molecule has 1 aromatic carbocycles. The van der Waals surface area contributed by atoms with Crippen molar-refractivity contribution >= 4 is 22.2 Å². The number of nitrogens with zero attached hydrogens (tertiary/aromatic N) is 4. The number of pyridine rings is 1. The van der Waals surface area contributed by atoms with Crippen LogP contribution in [0.4, 0.5) is 10.1 Å². The molecule has 0 saturated heterocycles. The lowest BCUT2D eigenvalue weighted by molar-refractivity contribution is 0.629. The van der Waals surface area contributed by atoms with E-state index in [1.165, 1.54) is 12.1 Å². The van der Waals surface area contributed by atoms with Crippen LogP contribution in [0.25, 0.3) is 16.6 Å². The topological polar surface area (TPSA) is 88.0 Å². The fourth-order valence-electron chi connectivity index (χ4n) is 3.10. The first-order chi connectivity index (χ1) is 12.7. The van der Waals surface area contributed by atoms with Gasteiger partial charge in [-0.2, -0.15) is 9.61 Å². The SMILES string of the molecule is O=c1[nH]c2cc(F)ccc2cc1CNc1cc(C2CC2)nn2cnnc12. The van der Waals surface area contributed by atoms with Crippen LogP contribution in [0, 0.1) is 5.82 Å². The fraction of sp³-hybridized carbons (Fsp3) is 0.222. The molecule has 0 atom stereocenters. The Hall–Kier alpha value is -3.29. The molecule has 7 nitrogen and oxygen atoms in total. The highest BCUT2D eigenvalue weighted by Crippen LogP contribution is 2.39. The van der Waals surface area contributed by atoms with Crippen LogP contribution in [0.3, 0.4) is 0 Å². The minimum Gasteiger partial charge on any atom is -0.378 e. The Balaban J connectivity index is 1.49. The van der Waals surface area contributed by atoms with Crippen LogP contribution in [0.5, 0.6) is 0 Å². The first-order valence-electron chi connectivity index (χ1n) is 8.44. The third-order valence-electron chi connectivity index (χ3n) is 4.64. The molecule has 0 radical (unpaired) electrons. The third kappa shape index (κ3) is 2.59. The molecule has 0 bridgehead atoms. The molecule has 0 aliphatic heterocycles. The largest absolute Gasteiger partial charge is 0.378 e. The number of H-pyrrole nitrogens is 1. The van der Waals surface area contributed by atoms with E-state index in [-0.39, 0.29) is 11.4 Å². The van der Waals surface area contributed by atoms with E-state index < -0.39 is 0 Å². The molecule has 2 N–H and O–H groups in total. The van der Waals surface area contributed by atoms with Crippen LogP contribution in [0.2, 0.25) is 0 Å². The third-order valence-corrected chi connectivity index (χ3v) is 4.64. The van der Waals surface area contributed by atoms with Gasteiger partial charge >= 0.3 is 0 Å². The van der Waals surface area contributed by atoms with Crippen molar-refractivity contribution in [2.75, 3.05) is 5.32 Å². The Morgan fingerprint density at radius 2 is 2.15 bits per heavy atom. The van der Waals surface area contributed by atoms with Gasteiger partial charge < -0.3 is 10.3 Å². The van der Waals surface area contributed by atoms with E-state index in [4.69, 9.17) is 0 Å². The monoisotopic (exact) mass is 350 g/mol. The van der Waals surface area contributed by atoms with Crippen LogP contribution in [-0.2, 0) is 6.54 Å². The highest BCUT2D eigenvalue weighted by molar-refractivity contribution is 5.79. The number of aromatic amines is 1. The molecular formula is C18H15FN6O. The molecule has 8 heteroatoms. The van der Waals surface area contributed by atoms with Gasteiger partial charge in [0.05, 0.1) is 16.9 Å². The van der Waals surface area contributed by atoms with E-state index in [9.17, 15) is 9.18 Å². The van der Waals surface area contributed by atoms with Gasteiger partial charge in [-0.3, -0.25) is 4.79 Å². The Morgan fingerprint density at radius 3 is 3.00 bits per heavy atom. The Labute approximate surface area is 146 Å². The number of rotatable bonds is 4. The van der Waals surface area contributed by atoms with Gasteiger partial charge in [0.15, 0.2) is 0 Å². The summed E-state index contributed by atoms with van der Waals surface area (Å²) in [5, 5.41) is 16.6. The van der Waals surface area contributed by atoms with Crippen LogP contribution < -0.4 is 10.9 Å². The zero-order valence-electron chi connectivity index (χ0n) is 13.7. The minimum absolute atomic E-state index is 0.246. The molecular weight excluding hydrogens is 335 g/mol. The number of benzene rings is 1. The van der Waals surface area contributed by atoms with E-state index in [1.807, 2.05) is 6.07 Å². The Bertz CT molecular complexity index is 1190. The summed E-state index contributed by atoms with van der Waals surface area (Å²) in [5.74, 6) is 0.110. The maximum atomic E-state index is 13.3. The highest BCUT2D eigenvalue weighted by Gasteiger charge is 2.26. The van der Waals surface area contributed by atoms with Gasteiger partial charge in [-0.25, -0.2) is 4.39 Å². The lowest BCUT2D eigenvalue weighted by Crippen LogP contribution is -2.16. The molecule has 1 saturated carbocycles. The molecule has 26 heavy (non-hydrogen) atoms. The number of anilines is 1. The van der Waals surface area contributed by atoms with Gasteiger partial charge in [0.25, 0.3) is 5.56 Å². The van der Waals surface area contributed by atoms with Gasteiger partial charge in [0, 0.05) is 18.0 Å². The second-order valence-electron chi connectivity index (χ2n) is 6.57. The number of fused-ring (bicyclic) bond motifs is 2. The first-order valence-corrected chi connectivity index (χ1v) is 8.44. The van der Waals surface area contributed by atoms with Crippen LogP contribution in [-0.4, -0.2) is 24.8 Å². The van der Waals surface area contributed by atoms with Crippen molar-refractivity contribution in [3.8, 4) is 0 Å². The first kappa shape index (κ1) is 15.0. The number of aromatic nitrogens is 5. The predicted molar refractivity (Wildman–Crippen MR) is 94.6 cm³/mol. The summed E-state index contributed by atoms with van der Waals surface area (Å²) in [6.45, 7) is 0.319. The quantitative estimate of drug-likeness (QED) is 0.591. The van der Waals surface area contributed by atoms with Crippen molar-refractivity contribution in [3.63, 3.8) is 0 Å². The van der Waals surface area contributed by atoms with Crippen LogP contribution >= 0.6 is 0 Å². The zero-order valence-corrected chi connectivity index (χ0v) is 13.7. The van der Waals surface area contributed by atoms with Crippen molar-refractivity contribution in [3.05, 3.63) is 64.1 Å². The summed E-state index contributed by atoms with van der Waals surface area (Å²) in [4.78, 5) is 15.0. The zero-order chi connectivity index (χ0) is 17.7. The second-order valence-corrected chi connectivity index (χ2v) is 6.57. The second kappa shape index (κ2) is 5.62. The molecule has 0 spiro atoms. The molecule has 3 aromatic heterocycles. The van der Waals surface area contributed by atoms with E-state index in [0.29, 0.717) is 29.2 Å². The van der Waals surface area contributed by atoms with Gasteiger partial charge in [-0.15, -0.1) is 10.2 Å². The lowest BCUT2D eigenvalue weighted by atomic mass is 10.1. The number of nitrogens with one attached hydrogen (secondary N) is 2. The lowest BCUT2D eigenvalue weighted by Gasteiger charge is -2.09. The summed E-state index contributed by atoms with van der Waals surface area (Å²) in [6, 6.07) is 8.09. The maximum Gasteiger partial charge on any atom is 0.253 e. The van der Waals surface area contributed by atoms with Crippen molar-refractivity contribution in [1.29, 1.82) is 0 Å².